The fourth-order valence-corrected chi connectivity index (χ4v) is 3.83. The monoisotopic (exact) mass is 371 g/mol. The third-order valence-electron chi connectivity index (χ3n) is 5.19. The lowest BCUT2D eigenvalue weighted by atomic mass is 10.0. The number of nitrogens with one attached hydrogen (secondary N) is 1. The third-order valence-corrected chi connectivity index (χ3v) is 5.19. The minimum atomic E-state index is -0.909. The van der Waals surface area contributed by atoms with Crippen molar-refractivity contribution in [2.24, 2.45) is 0 Å². The van der Waals surface area contributed by atoms with Crippen molar-refractivity contribution >= 4 is 23.8 Å². The molecule has 2 fully saturated rings. The number of benzene rings is 1. The molecular formula is C20H25N3O4. The maximum Gasteiger partial charge on any atom is 0.334 e. The normalized spacial score (nSPS) is 19.1. The molecule has 2 aliphatic rings. The molecule has 1 atom stereocenters. The van der Waals surface area contributed by atoms with Gasteiger partial charge in [0, 0.05) is 6.04 Å². The van der Waals surface area contributed by atoms with E-state index in [9.17, 15) is 19.2 Å². The molecule has 1 saturated carbocycles. The molecule has 1 aromatic rings. The molecule has 144 valence electrons. The molecule has 0 spiro atoms. The lowest BCUT2D eigenvalue weighted by Crippen LogP contribution is -2.43. The van der Waals surface area contributed by atoms with Crippen LogP contribution in [0.15, 0.2) is 30.3 Å². The van der Waals surface area contributed by atoms with Crippen LogP contribution in [0.2, 0.25) is 0 Å². The number of carbonyl (C=O) groups is 4. The number of carbonyl (C=O) groups excluding carboxylic acids is 4. The number of rotatable bonds is 7. The zero-order valence-corrected chi connectivity index (χ0v) is 15.5. The third kappa shape index (κ3) is 4.02. The Kier molecular flexibility index (Phi) is 5.88. The lowest BCUT2D eigenvalue weighted by molar-refractivity contribution is -0.144. The highest BCUT2D eigenvalue weighted by molar-refractivity contribution is 6.45. The minimum absolute atomic E-state index is 0.196. The van der Waals surface area contributed by atoms with Gasteiger partial charge < -0.3 is 5.32 Å². The fourth-order valence-electron chi connectivity index (χ4n) is 3.83. The fraction of sp³-hybridized carbons (Fsp3) is 0.500. The summed E-state index contributed by atoms with van der Waals surface area (Å²) in [7, 11) is 0. The molecule has 1 aromatic carbocycles. The summed E-state index contributed by atoms with van der Waals surface area (Å²) in [6.07, 6.45) is 4.92. The molecule has 1 aliphatic carbocycles. The summed E-state index contributed by atoms with van der Waals surface area (Å²) < 4.78 is 0. The van der Waals surface area contributed by atoms with Crippen molar-refractivity contribution in [2.75, 3.05) is 6.54 Å². The summed E-state index contributed by atoms with van der Waals surface area (Å²) in [5.41, 5.74) is 0.968. The van der Waals surface area contributed by atoms with Crippen molar-refractivity contribution in [3.63, 3.8) is 0 Å². The van der Waals surface area contributed by atoms with Crippen LogP contribution in [0, 0.1) is 0 Å². The van der Waals surface area contributed by atoms with Crippen molar-refractivity contribution in [2.45, 2.75) is 57.5 Å². The van der Waals surface area contributed by atoms with Gasteiger partial charge in [0.1, 0.15) is 6.54 Å². The standard InChI is InChI=1S/C20H25N3O4/c1-2-8-16(14-9-4-3-5-10-14)21-17(24)13-22-18(25)19(26)23(20(22)27)15-11-6-7-12-15/h3-5,9-10,15-16H,2,6-8,11-13H2,1H3,(H,21,24)/t16-/m1/s1. The van der Waals surface area contributed by atoms with Crippen molar-refractivity contribution in [1.29, 1.82) is 0 Å². The van der Waals surface area contributed by atoms with Crippen LogP contribution in [0.25, 0.3) is 0 Å². The molecule has 1 N–H and O–H groups in total. The van der Waals surface area contributed by atoms with Crippen LogP contribution < -0.4 is 5.32 Å². The predicted molar refractivity (Wildman–Crippen MR) is 98.4 cm³/mol. The highest BCUT2D eigenvalue weighted by Crippen LogP contribution is 2.27. The molecule has 0 unspecified atom stereocenters. The van der Waals surface area contributed by atoms with Gasteiger partial charge >= 0.3 is 17.8 Å². The topological polar surface area (TPSA) is 86.8 Å². The van der Waals surface area contributed by atoms with E-state index in [2.05, 4.69) is 5.32 Å². The van der Waals surface area contributed by atoms with Gasteiger partial charge in [0.05, 0.1) is 6.04 Å². The number of amides is 5. The Hall–Kier alpha value is -2.70. The Balaban J connectivity index is 1.66. The number of hydrogen-bond acceptors (Lipinski definition) is 4. The highest BCUT2D eigenvalue weighted by atomic mass is 16.2. The van der Waals surface area contributed by atoms with Crippen LogP contribution in [0.4, 0.5) is 4.79 Å². The largest absolute Gasteiger partial charge is 0.348 e. The van der Waals surface area contributed by atoms with Gasteiger partial charge in [-0.15, -0.1) is 0 Å². The van der Waals surface area contributed by atoms with Crippen LogP contribution in [0.3, 0.4) is 0 Å². The second-order valence-electron chi connectivity index (χ2n) is 7.11. The minimum Gasteiger partial charge on any atom is -0.348 e. The van der Waals surface area contributed by atoms with E-state index in [1.165, 1.54) is 0 Å². The molecule has 1 saturated heterocycles. The van der Waals surface area contributed by atoms with E-state index < -0.39 is 30.3 Å². The van der Waals surface area contributed by atoms with Crippen LogP contribution in [-0.4, -0.2) is 46.1 Å². The highest BCUT2D eigenvalue weighted by Gasteiger charge is 2.48. The molecule has 0 aromatic heterocycles. The number of imide groups is 2. The van der Waals surface area contributed by atoms with E-state index in [-0.39, 0.29) is 12.1 Å². The van der Waals surface area contributed by atoms with Crippen molar-refractivity contribution in [1.82, 2.24) is 15.1 Å². The van der Waals surface area contributed by atoms with Gasteiger partial charge in [-0.2, -0.15) is 0 Å². The number of hydrogen-bond donors (Lipinski definition) is 1. The lowest BCUT2D eigenvalue weighted by Gasteiger charge is -2.22. The molecule has 5 amide bonds. The van der Waals surface area contributed by atoms with Gasteiger partial charge in [-0.1, -0.05) is 56.5 Å². The smallest absolute Gasteiger partial charge is 0.334 e. The van der Waals surface area contributed by atoms with Crippen LogP contribution >= 0.6 is 0 Å². The first kappa shape index (κ1) is 19.1. The first-order chi connectivity index (χ1) is 13.0. The summed E-state index contributed by atoms with van der Waals surface area (Å²) in [6.45, 7) is 1.59. The van der Waals surface area contributed by atoms with Crippen LogP contribution in [0.5, 0.6) is 0 Å². The molecule has 0 bridgehead atoms. The van der Waals surface area contributed by atoms with E-state index in [4.69, 9.17) is 0 Å². The van der Waals surface area contributed by atoms with Crippen molar-refractivity contribution in [3.05, 3.63) is 35.9 Å². The van der Waals surface area contributed by atoms with Gasteiger partial charge in [-0.3, -0.25) is 19.3 Å². The summed E-state index contributed by atoms with van der Waals surface area (Å²) in [6, 6.07) is 8.47. The van der Waals surface area contributed by atoms with Gasteiger partial charge in [-0.25, -0.2) is 9.69 Å². The Morgan fingerprint density at radius 3 is 2.41 bits per heavy atom. The molecule has 1 aliphatic heterocycles. The maximum absolute atomic E-state index is 12.6. The second kappa shape index (κ2) is 8.33. The Morgan fingerprint density at radius 1 is 1.11 bits per heavy atom. The summed E-state index contributed by atoms with van der Waals surface area (Å²) in [5.74, 6) is -2.17. The van der Waals surface area contributed by atoms with Crippen LogP contribution in [-0.2, 0) is 14.4 Å². The molecular weight excluding hydrogens is 346 g/mol. The summed E-state index contributed by atoms with van der Waals surface area (Å²) >= 11 is 0. The molecule has 27 heavy (non-hydrogen) atoms. The second-order valence-corrected chi connectivity index (χ2v) is 7.11. The molecule has 3 rings (SSSR count). The number of urea groups is 1. The van der Waals surface area contributed by atoms with Gasteiger partial charge in [0.2, 0.25) is 5.91 Å². The van der Waals surface area contributed by atoms with Crippen molar-refractivity contribution < 1.29 is 19.2 Å². The van der Waals surface area contributed by atoms with E-state index in [0.29, 0.717) is 0 Å². The molecule has 7 nitrogen and oxygen atoms in total. The SMILES string of the molecule is CCC[C@@H](NC(=O)CN1C(=O)C(=O)N(C2CCCC2)C1=O)c1ccccc1. The van der Waals surface area contributed by atoms with Gasteiger partial charge in [0.15, 0.2) is 0 Å². The zero-order valence-electron chi connectivity index (χ0n) is 15.5. The summed E-state index contributed by atoms with van der Waals surface area (Å²) in [5, 5.41) is 2.89. The quantitative estimate of drug-likeness (QED) is 0.589. The Bertz CT molecular complexity index is 728. The van der Waals surface area contributed by atoms with E-state index in [1.807, 2.05) is 37.3 Å². The first-order valence-electron chi connectivity index (χ1n) is 9.56. The van der Waals surface area contributed by atoms with E-state index in [1.54, 1.807) is 0 Å². The van der Waals surface area contributed by atoms with E-state index >= 15 is 0 Å². The van der Waals surface area contributed by atoms with Gasteiger partial charge in [-0.05, 0) is 24.8 Å². The molecule has 0 radical (unpaired) electrons. The predicted octanol–water partition coefficient (Wildman–Crippen LogP) is 2.38. The molecule has 7 heteroatoms. The Labute approximate surface area is 158 Å². The van der Waals surface area contributed by atoms with Crippen molar-refractivity contribution in [3.8, 4) is 0 Å². The van der Waals surface area contributed by atoms with Crippen LogP contribution in [0.1, 0.15) is 57.1 Å². The summed E-state index contributed by atoms with van der Waals surface area (Å²) in [4.78, 5) is 51.3. The average molecular weight is 371 g/mol. The van der Waals surface area contributed by atoms with E-state index in [0.717, 1.165) is 53.9 Å². The Morgan fingerprint density at radius 2 is 1.78 bits per heavy atom. The molecule has 1 heterocycles. The zero-order chi connectivity index (χ0) is 19.4. The average Bonchev–Trinajstić information content (AvgIpc) is 3.26. The maximum atomic E-state index is 12.6. The van der Waals surface area contributed by atoms with Gasteiger partial charge in [0.25, 0.3) is 0 Å². The first-order valence-corrected chi connectivity index (χ1v) is 9.56. The number of nitrogens with zero attached hydrogens (tertiary/aromatic N) is 2.